The van der Waals surface area contributed by atoms with Crippen LogP contribution in [0.2, 0.25) is 14.4 Å². The first kappa shape index (κ1) is 25.1. The number of aliphatic imine (C=N–C) groups is 1. The van der Waals surface area contributed by atoms with Gasteiger partial charge in [0.2, 0.25) is 0 Å². The molecule has 0 unspecified atom stereocenters. The Morgan fingerprint density at radius 1 is 0.969 bits per heavy atom. The van der Waals surface area contributed by atoms with E-state index < -0.39 is 33.6 Å². The molecule has 1 heterocycles. The molecule has 2 N–H and O–H groups in total. The summed E-state index contributed by atoms with van der Waals surface area (Å²) >= 11 is 19.1. The van der Waals surface area contributed by atoms with Crippen molar-refractivity contribution in [1.29, 1.82) is 0 Å². The Bertz CT molecular complexity index is 1050. The number of allylic oxidation sites excluding steroid dienone is 1. The molecular weight excluding hydrogens is 528 g/mol. The van der Waals surface area contributed by atoms with Gasteiger partial charge in [-0.15, -0.1) is 11.3 Å². The summed E-state index contributed by atoms with van der Waals surface area (Å²) in [5.41, 5.74) is -0.880. The highest BCUT2D eigenvalue weighted by Gasteiger charge is 2.73. The number of benzene rings is 1. The lowest BCUT2D eigenvalue weighted by atomic mass is 9.94. The number of rotatable bonds is 5. The van der Waals surface area contributed by atoms with Crippen LogP contribution in [0.15, 0.2) is 29.4 Å². The summed E-state index contributed by atoms with van der Waals surface area (Å²) in [7, 11) is 0. The van der Waals surface area contributed by atoms with Crippen LogP contribution in [0.3, 0.4) is 0 Å². The van der Waals surface area contributed by atoms with E-state index in [1.54, 1.807) is 0 Å². The maximum absolute atomic E-state index is 14.3. The van der Waals surface area contributed by atoms with Crippen LogP contribution in [0.25, 0.3) is 5.57 Å². The van der Waals surface area contributed by atoms with Gasteiger partial charge in [-0.05, 0) is 42.5 Å². The Balaban J connectivity index is 1.98. The summed E-state index contributed by atoms with van der Waals surface area (Å²) in [5, 5.41) is -1.42. The molecule has 174 valence electrons. The summed E-state index contributed by atoms with van der Waals surface area (Å²) in [5.74, 6) is 0.364. The van der Waals surface area contributed by atoms with Crippen LogP contribution in [0.1, 0.15) is 34.8 Å². The van der Waals surface area contributed by atoms with Gasteiger partial charge >= 0.3 is 18.0 Å². The molecule has 0 saturated heterocycles. The lowest BCUT2D eigenvalue weighted by molar-refractivity contribution is -0.348. The Labute approximate surface area is 196 Å². The number of alkyl halides is 7. The molecule has 2 nitrogen and oxygen atoms in total. The third-order valence-corrected chi connectivity index (χ3v) is 6.74. The Morgan fingerprint density at radius 3 is 1.94 bits per heavy atom. The Kier molecular flexibility index (Phi) is 6.83. The van der Waals surface area contributed by atoms with Gasteiger partial charge in [0.05, 0.1) is 14.4 Å². The van der Waals surface area contributed by atoms with E-state index >= 15 is 0 Å². The summed E-state index contributed by atoms with van der Waals surface area (Å²) < 4.78 is 92.8. The number of nitrogens with two attached hydrogens (primary N) is 1. The average Bonchev–Trinajstić information content (AvgIpc) is 3.43. The standard InChI is InChI=1S/C19H12Cl3F7N2S/c20-12-3-10(17(23,18(24,25)26)19(27,28)29)4-13(21)15(12)31-7-9(6-30)14-5-11(8-1-2-8)16(22)32-14/h3-8H,1-2,30H2. The van der Waals surface area contributed by atoms with Crippen molar-refractivity contribution in [2.45, 2.75) is 36.8 Å². The number of hydrogen-bond donors (Lipinski definition) is 1. The highest BCUT2D eigenvalue weighted by molar-refractivity contribution is 7.17. The first-order valence-electron chi connectivity index (χ1n) is 8.78. The van der Waals surface area contributed by atoms with E-state index in [9.17, 15) is 30.7 Å². The van der Waals surface area contributed by atoms with Crippen LogP contribution < -0.4 is 5.73 Å². The second kappa shape index (κ2) is 8.70. The van der Waals surface area contributed by atoms with Crippen molar-refractivity contribution in [3.05, 3.63) is 54.8 Å². The molecule has 0 atom stereocenters. The Hall–Kier alpha value is -1.49. The maximum atomic E-state index is 14.3. The zero-order valence-corrected chi connectivity index (χ0v) is 18.7. The molecule has 1 saturated carbocycles. The van der Waals surface area contributed by atoms with Crippen LogP contribution >= 0.6 is 46.1 Å². The number of hydrogen-bond acceptors (Lipinski definition) is 3. The molecule has 0 amide bonds. The predicted octanol–water partition coefficient (Wildman–Crippen LogP) is 8.58. The summed E-state index contributed by atoms with van der Waals surface area (Å²) in [6.07, 6.45) is -8.20. The lowest BCUT2D eigenvalue weighted by Crippen LogP contribution is -2.50. The molecule has 1 fully saturated rings. The van der Waals surface area contributed by atoms with Crippen molar-refractivity contribution in [3.8, 4) is 0 Å². The second-order valence-electron chi connectivity index (χ2n) is 6.94. The summed E-state index contributed by atoms with van der Waals surface area (Å²) in [6.45, 7) is 0. The SMILES string of the molecule is NC=C(C=Nc1c(Cl)cc(C(F)(C(F)(F)F)C(F)(F)F)cc1Cl)c1cc(C2CC2)c(Cl)s1. The predicted molar refractivity (Wildman–Crippen MR) is 113 cm³/mol. The number of thiophene rings is 1. The van der Waals surface area contributed by atoms with Gasteiger partial charge in [0.1, 0.15) is 5.69 Å². The normalized spacial score (nSPS) is 16.2. The smallest absolute Gasteiger partial charge is 0.404 e. The van der Waals surface area contributed by atoms with Gasteiger partial charge in [0, 0.05) is 28.4 Å². The first-order chi connectivity index (χ1) is 14.7. The van der Waals surface area contributed by atoms with Gasteiger partial charge in [0.25, 0.3) is 0 Å². The first-order valence-corrected chi connectivity index (χ1v) is 10.7. The summed E-state index contributed by atoms with van der Waals surface area (Å²) in [6, 6.07) is 2.21. The minimum Gasteiger partial charge on any atom is -0.404 e. The minimum atomic E-state index is -6.30. The molecule has 0 spiro atoms. The maximum Gasteiger partial charge on any atom is 0.435 e. The van der Waals surface area contributed by atoms with Crippen LogP contribution in [0, 0.1) is 0 Å². The molecule has 3 rings (SSSR count). The van der Waals surface area contributed by atoms with Gasteiger partial charge < -0.3 is 5.73 Å². The zero-order chi connectivity index (χ0) is 24.1. The fourth-order valence-corrected chi connectivity index (χ4v) is 4.90. The van der Waals surface area contributed by atoms with E-state index in [1.165, 1.54) is 23.8 Å². The molecule has 13 heteroatoms. The average molecular weight is 540 g/mol. The quantitative estimate of drug-likeness (QED) is 0.300. The van der Waals surface area contributed by atoms with Gasteiger partial charge in [-0.3, -0.25) is 4.99 Å². The molecule has 0 radical (unpaired) electrons. The third-order valence-electron chi connectivity index (χ3n) is 4.72. The van der Waals surface area contributed by atoms with Crippen molar-refractivity contribution in [2.24, 2.45) is 10.7 Å². The highest BCUT2D eigenvalue weighted by atomic mass is 35.5. The van der Waals surface area contributed by atoms with Crippen molar-refractivity contribution in [1.82, 2.24) is 0 Å². The number of nitrogens with zero attached hydrogens (tertiary/aromatic N) is 1. The van der Waals surface area contributed by atoms with Crippen molar-refractivity contribution < 1.29 is 30.7 Å². The molecule has 0 bridgehead atoms. The van der Waals surface area contributed by atoms with Crippen LogP contribution in [-0.2, 0) is 5.67 Å². The fraction of sp³-hybridized carbons (Fsp3) is 0.316. The highest BCUT2D eigenvalue weighted by Crippen LogP contribution is 2.55. The molecule has 2 aromatic rings. The summed E-state index contributed by atoms with van der Waals surface area (Å²) in [4.78, 5) is 4.58. The Morgan fingerprint density at radius 2 is 1.50 bits per heavy atom. The van der Waals surface area contributed by atoms with Crippen molar-refractivity contribution >= 4 is 63.6 Å². The third kappa shape index (κ3) is 4.60. The van der Waals surface area contributed by atoms with E-state index in [4.69, 9.17) is 40.5 Å². The molecular formula is C19H12Cl3F7N2S. The zero-order valence-electron chi connectivity index (χ0n) is 15.6. The van der Waals surface area contributed by atoms with Crippen LogP contribution in [0.5, 0.6) is 0 Å². The van der Waals surface area contributed by atoms with Gasteiger partial charge in [0.15, 0.2) is 0 Å². The molecule has 32 heavy (non-hydrogen) atoms. The molecule has 1 aromatic carbocycles. The topological polar surface area (TPSA) is 38.4 Å². The van der Waals surface area contributed by atoms with Crippen LogP contribution in [0.4, 0.5) is 36.4 Å². The largest absolute Gasteiger partial charge is 0.435 e. The monoisotopic (exact) mass is 538 g/mol. The molecule has 1 aliphatic carbocycles. The molecule has 1 aromatic heterocycles. The van der Waals surface area contributed by atoms with E-state index in [0.29, 0.717) is 20.7 Å². The van der Waals surface area contributed by atoms with E-state index in [0.717, 1.165) is 18.4 Å². The van der Waals surface area contributed by atoms with Crippen molar-refractivity contribution in [3.63, 3.8) is 0 Å². The van der Waals surface area contributed by atoms with Crippen molar-refractivity contribution in [2.75, 3.05) is 0 Å². The van der Waals surface area contributed by atoms with Crippen LogP contribution in [-0.4, -0.2) is 18.6 Å². The number of halogens is 10. The second-order valence-corrected chi connectivity index (χ2v) is 9.41. The van der Waals surface area contributed by atoms with Gasteiger partial charge in [-0.25, -0.2) is 4.39 Å². The van der Waals surface area contributed by atoms with E-state index in [-0.39, 0.29) is 17.8 Å². The lowest BCUT2D eigenvalue weighted by Gasteiger charge is -2.30. The molecule has 1 aliphatic rings. The van der Waals surface area contributed by atoms with Gasteiger partial charge in [-0.2, -0.15) is 26.3 Å². The van der Waals surface area contributed by atoms with E-state index in [2.05, 4.69) is 4.99 Å². The van der Waals surface area contributed by atoms with E-state index in [1.807, 2.05) is 6.07 Å². The fourth-order valence-electron chi connectivity index (χ4n) is 2.90. The minimum absolute atomic E-state index is 0.195. The molecule has 0 aliphatic heterocycles. The van der Waals surface area contributed by atoms with Gasteiger partial charge in [-0.1, -0.05) is 34.8 Å².